The van der Waals surface area contributed by atoms with Crippen LogP contribution >= 0.6 is 35.0 Å². The van der Waals surface area contributed by atoms with Crippen molar-refractivity contribution in [3.8, 4) is 0 Å². The van der Waals surface area contributed by atoms with Gasteiger partial charge in [-0.05, 0) is 55.2 Å². The van der Waals surface area contributed by atoms with Crippen LogP contribution in [0.25, 0.3) is 0 Å². The predicted octanol–water partition coefficient (Wildman–Crippen LogP) is 6.09. The van der Waals surface area contributed by atoms with Gasteiger partial charge in [0.2, 0.25) is 11.8 Å². The van der Waals surface area contributed by atoms with Gasteiger partial charge >= 0.3 is 0 Å². The highest BCUT2D eigenvalue weighted by Gasteiger charge is 2.29. The first-order valence-corrected chi connectivity index (χ1v) is 12.5. The number of carbonyl (C=O) groups excluding carboxylic acids is 2. The molecule has 0 aliphatic heterocycles. The fourth-order valence-corrected chi connectivity index (χ4v) is 4.79. The fourth-order valence-electron chi connectivity index (χ4n) is 3.14. The summed E-state index contributed by atoms with van der Waals surface area (Å²) in [6, 6.07) is 10.7. The van der Waals surface area contributed by atoms with E-state index in [1.54, 1.807) is 35.2 Å². The fraction of sp³-hybridized carbons (Fsp3) is 0.417. The molecule has 0 aliphatic carbocycles. The third-order valence-electron chi connectivity index (χ3n) is 5.19. The molecule has 1 N–H and O–H groups in total. The normalized spacial score (nSPS) is 12.8. The molecule has 0 spiro atoms. The zero-order valence-corrected chi connectivity index (χ0v) is 20.9. The van der Waals surface area contributed by atoms with Gasteiger partial charge in [0.1, 0.15) is 11.9 Å². The van der Waals surface area contributed by atoms with Crippen molar-refractivity contribution in [3.63, 3.8) is 0 Å². The molecular formula is C24H29Cl2FN2O2S. The van der Waals surface area contributed by atoms with Gasteiger partial charge in [-0.25, -0.2) is 4.39 Å². The lowest BCUT2D eigenvalue weighted by molar-refractivity contribution is -0.139. The molecular weight excluding hydrogens is 470 g/mol. The average Bonchev–Trinajstić information content (AvgIpc) is 2.76. The first-order chi connectivity index (χ1) is 15.3. The minimum Gasteiger partial charge on any atom is -0.352 e. The molecule has 32 heavy (non-hydrogen) atoms. The van der Waals surface area contributed by atoms with Gasteiger partial charge in [0.15, 0.2) is 0 Å². The lowest BCUT2D eigenvalue weighted by Crippen LogP contribution is -2.51. The maximum atomic E-state index is 13.3. The third kappa shape index (κ3) is 7.68. The molecule has 0 radical (unpaired) electrons. The number of benzene rings is 2. The van der Waals surface area contributed by atoms with Crippen LogP contribution in [0.3, 0.4) is 0 Å². The van der Waals surface area contributed by atoms with Crippen molar-refractivity contribution in [2.45, 2.75) is 58.0 Å². The van der Waals surface area contributed by atoms with Crippen molar-refractivity contribution < 1.29 is 14.0 Å². The van der Waals surface area contributed by atoms with Gasteiger partial charge in [0.25, 0.3) is 0 Å². The van der Waals surface area contributed by atoms with Crippen LogP contribution in [0, 0.1) is 5.82 Å². The molecule has 0 saturated heterocycles. The van der Waals surface area contributed by atoms with E-state index in [-0.39, 0.29) is 36.0 Å². The molecule has 0 fully saturated rings. The van der Waals surface area contributed by atoms with E-state index in [0.717, 1.165) is 17.5 Å². The summed E-state index contributed by atoms with van der Waals surface area (Å²) in [6.07, 6.45) is 1.26. The number of halogens is 3. The highest BCUT2D eigenvalue weighted by atomic mass is 35.5. The summed E-state index contributed by atoms with van der Waals surface area (Å²) in [5, 5.41) is 4.08. The van der Waals surface area contributed by atoms with E-state index < -0.39 is 6.04 Å². The molecule has 2 rings (SSSR count). The van der Waals surface area contributed by atoms with Gasteiger partial charge in [-0.2, -0.15) is 0 Å². The summed E-state index contributed by atoms with van der Waals surface area (Å²) in [4.78, 5) is 27.7. The zero-order valence-electron chi connectivity index (χ0n) is 18.5. The van der Waals surface area contributed by atoms with E-state index in [1.807, 2.05) is 20.8 Å². The summed E-state index contributed by atoms with van der Waals surface area (Å²) in [6.45, 7) is 6.02. The minimum atomic E-state index is -0.619. The molecule has 0 unspecified atom stereocenters. The molecule has 2 amide bonds. The van der Waals surface area contributed by atoms with E-state index in [2.05, 4.69) is 5.32 Å². The Hall–Kier alpha value is -1.76. The van der Waals surface area contributed by atoms with Crippen molar-refractivity contribution in [2.75, 3.05) is 5.75 Å². The maximum absolute atomic E-state index is 13.3. The maximum Gasteiger partial charge on any atom is 0.243 e. The predicted molar refractivity (Wildman–Crippen MR) is 132 cm³/mol. The molecule has 0 aliphatic rings. The number of carbonyl (C=O) groups is 2. The van der Waals surface area contributed by atoms with Crippen LogP contribution in [0.5, 0.6) is 0 Å². The summed E-state index contributed by atoms with van der Waals surface area (Å²) >= 11 is 13.8. The highest BCUT2D eigenvalue weighted by molar-refractivity contribution is 7.99. The van der Waals surface area contributed by atoms with E-state index >= 15 is 0 Å². The van der Waals surface area contributed by atoms with Crippen LogP contribution < -0.4 is 5.32 Å². The van der Waals surface area contributed by atoms with Gasteiger partial charge in [0, 0.05) is 28.4 Å². The third-order valence-corrected chi connectivity index (χ3v) is 6.84. The quantitative estimate of drug-likeness (QED) is 0.407. The van der Waals surface area contributed by atoms with E-state index in [1.165, 1.54) is 23.9 Å². The Balaban J connectivity index is 2.16. The van der Waals surface area contributed by atoms with E-state index in [0.29, 0.717) is 22.2 Å². The number of hydrogen-bond acceptors (Lipinski definition) is 3. The largest absolute Gasteiger partial charge is 0.352 e. The number of rotatable bonds is 11. The van der Waals surface area contributed by atoms with Crippen LogP contribution in [-0.2, 0) is 21.9 Å². The highest BCUT2D eigenvalue weighted by Crippen LogP contribution is 2.28. The summed E-state index contributed by atoms with van der Waals surface area (Å²) in [7, 11) is 0. The second-order valence-corrected chi connectivity index (χ2v) is 9.38. The van der Waals surface area contributed by atoms with Crippen molar-refractivity contribution in [2.24, 2.45) is 0 Å². The lowest BCUT2D eigenvalue weighted by atomic mass is 10.1. The van der Waals surface area contributed by atoms with Crippen LogP contribution in [0.2, 0.25) is 10.0 Å². The molecule has 2 atom stereocenters. The number of hydrogen-bond donors (Lipinski definition) is 1. The first kappa shape index (κ1) is 26.5. The average molecular weight is 499 g/mol. The van der Waals surface area contributed by atoms with Gasteiger partial charge < -0.3 is 10.2 Å². The second kappa shape index (κ2) is 13.1. The minimum absolute atomic E-state index is 0.0102. The Morgan fingerprint density at radius 2 is 1.69 bits per heavy atom. The van der Waals surface area contributed by atoms with Gasteiger partial charge in [0.05, 0.1) is 5.75 Å². The molecule has 0 saturated carbocycles. The molecule has 0 heterocycles. The Bertz CT molecular complexity index is 891. The van der Waals surface area contributed by atoms with Crippen molar-refractivity contribution in [3.05, 3.63) is 69.5 Å². The van der Waals surface area contributed by atoms with Crippen LogP contribution in [0.4, 0.5) is 4.39 Å². The molecule has 0 aromatic heterocycles. The number of nitrogens with zero attached hydrogens (tertiary/aromatic N) is 1. The van der Waals surface area contributed by atoms with Gasteiger partial charge in [-0.3, -0.25) is 9.59 Å². The van der Waals surface area contributed by atoms with Crippen molar-refractivity contribution in [1.29, 1.82) is 0 Å². The number of thioether (sulfide) groups is 1. The molecule has 174 valence electrons. The summed E-state index contributed by atoms with van der Waals surface area (Å²) < 4.78 is 13.3. The number of amides is 2. The Labute approximate surface area is 203 Å². The lowest BCUT2D eigenvalue weighted by Gasteiger charge is -2.31. The van der Waals surface area contributed by atoms with Crippen molar-refractivity contribution in [1.82, 2.24) is 10.2 Å². The Morgan fingerprint density at radius 1 is 1.06 bits per heavy atom. The molecule has 8 heteroatoms. The molecule has 2 aromatic rings. The topological polar surface area (TPSA) is 49.4 Å². The number of nitrogens with one attached hydrogen (secondary N) is 1. The Morgan fingerprint density at radius 3 is 2.25 bits per heavy atom. The standard InChI is InChI=1S/C24H29Cl2FN2O2S/c1-4-16(3)28-24(31)22(5-2)29(13-17-9-11-18(27)12-10-17)23(30)15-32-14-19-20(25)7-6-8-21(19)26/h6-12,16,22H,4-5,13-15H2,1-3H3,(H,28,31)/t16-,22-/m1/s1. The van der Waals surface area contributed by atoms with Gasteiger partial charge in [-0.1, -0.05) is 55.2 Å². The zero-order chi connectivity index (χ0) is 23.7. The van der Waals surface area contributed by atoms with E-state index in [9.17, 15) is 14.0 Å². The van der Waals surface area contributed by atoms with Crippen LogP contribution in [0.15, 0.2) is 42.5 Å². The molecule has 0 bridgehead atoms. The molecule has 2 aromatic carbocycles. The summed E-state index contributed by atoms with van der Waals surface area (Å²) in [5.74, 6) is -0.0640. The first-order valence-electron chi connectivity index (χ1n) is 10.6. The van der Waals surface area contributed by atoms with Crippen LogP contribution in [-0.4, -0.2) is 34.6 Å². The SMILES string of the molecule is CC[C@@H](C)NC(=O)[C@@H](CC)N(Cc1ccc(F)cc1)C(=O)CSCc1c(Cl)cccc1Cl. The van der Waals surface area contributed by atoms with E-state index in [4.69, 9.17) is 23.2 Å². The smallest absolute Gasteiger partial charge is 0.243 e. The van der Waals surface area contributed by atoms with Gasteiger partial charge in [-0.15, -0.1) is 11.8 Å². The Kier molecular flexibility index (Phi) is 10.8. The van der Waals surface area contributed by atoms with Crippen LogP contribution in [0.1, 0.15) is 44.7 Å². The second-order valence-electron chi connectivity index (χ2n) is 7.58. The molecule has 4 nitrogen and oxygen atoms in total. The monoisotopic (exact) mass is 498 g/mol. The summed E-state index contributed by atoms with van der Waals surface area (Å²) in [5.41, 5.74) is 1.54. The van der Waals surface area contributed by atoms with Crippen molar-refractivity contribution >= 4 is 46.8 Å².